The Morgan fingerprint density at radius 2 is 1.70 bits per heavy atom. The Kier molecular flexibility index (Phi) is 7.58. The van der Waals surface area contributed by atoms with Crippen molar-refractivity contribution < 1.29 is 33.7 Å². The van der Waals surface area contributed by atoms with Gasteiger partial charge in [0.15, 0.2) is 5.13 Å². The van der Waals surface area contributed by atoms with Crippen LogP contribution in [0.4, 0.5) is 5.13 Å². The van der Waals surface area contributed by atoms with E-state index in [0.717, 1.165) is 17.8 Å². The molecule has 1 aliphatic heterocycles. The number of amides is 1. The third-order valence-corrected chi connectivity index (χ3v) is 6.98. The highest BCUT2D eigenvalue weighted by Gasteiger charge is 2.48. The van der Waals surface area contributed by atoms with E-state index in [-0.39, 0.29) is 21.3 Å². The summed E-state index contributed by atoms with van der Waals surface area (Å²) in [5.41, 5.74) is 1.18. The van der Waals surface area contributed by atoms with Gasteiger partial charge >= 0.3 is 11.9 Å². The topological polar surface area (TPSA) is 115 Å². The van der Waals surface area contributed by atoms with Gasteiger partial charge in [0.2, 0.25) is 0 Å². The molecule has 4 rings (SSSR count). The Morgan fingerprint density at radius 3 is 2.30 bits per heavy atom. The molecule has 1 N–H and O–H groups in total. The molecule has 2 aromatic carbocycles. The van der Waals surface area contributed by atoms with E-state index < -0.39 is 23.7 Å². The fraction of sp³-hybridized carbons (Fsp3) is 0.259. The van der Waals surface area contributed by atoms with Crippen LogP contribution in [-0.4, -0.2) is 48.6 Å². The zero-order chi connectivity index (χ0) is 26.7. The minimum Gasteiger partial charge on any atom is -0.507 e. The highest BCUT2D eigenvalue weighted by Crippen LogP contribution is 2.44. The molecule has 192 valence electrons. The fourth-order valence-electron chi connectivity index (χ4n) is 3.98. The van der Waals surface area contributed by atoms with E-state index in [4.69, 9.17) is 14.2 Å². The summed E-state index contributed by atoms with van der Waals surface area (Å²) in [6.07, 6.45) is 0.848. The number of thiazole rings is 1. The van der Waals surface area contributed by atoms with Gasteiger partial charge in [0.1, 0.15) is 22.1 Å². The van der Waals surface area contributed by atoms with Crippen molar-refractivity contribution >= 4 is 39.9 Å². The average Bonchev–Trinajstić information content (AvgIpc) is 3.43. The van der Waals surface area contributed by atoms with E-state index in [1.807, 2.05) is 6.92 Å². The van der Waals surface area contributed by atoms with Crippen molar-refractivity contribution in [2.75, 3.05) is 25.7 Å². The first-order valence-corrected chi connectivity index (χ1v) is 12.4. The average molecular weight is 523 g/mol. The molecule has 0 bridgehead atoms. The molecule has 1 aliphatic rings. The number of aliphatic hydroxyl groups is 1. The number of benzene rings is 2. The summed E-state index contributed by atoms with van der Waals surface area (Å²) in [5.74, 6) is -1.44. The van der Waals surface area contributed by atoms with Gasteiger partial charge in [-0.05, 0) is 55.3 Å². The summed E-state index contributed by atoms with van der Waals surface area (Å²) in [6.45, 7) is 4.17. The zero-order valence-electron chi connectivity index (χ0n) is 20.8. The summed E-state index contributed by atoms with van der Waals surface area (Å²) in [5, 5.41) is 11.4. The molecule has 0 spiro atoms. The number of aliphatic hydroxyl groups excluding tert-OH is 1. The van der Waals surface area contributed by atoms with Crippen LogP contribution < -0.4 is 14.4 Å². The lowest BCUT2D eigenvalue weighted by atomic mass is 9.95. The maximum Gasteiger partial charge on any atom is 0.350 e. The predicted octanol–water partition coefficient (Wildman–Crippen LogP) is 4.66. The van der Waals surface area contributed by atoms with E-state index in [1.54, 1.807) is 55.5 Å². The summed E-state index contributed by atoms with van der Waals surface area (Å²) in [4.78, 5) is 44.7. The number of ketones is 1. The van der Waals surface area contributed by atoms with Crippen molar-refractivity contribution in [2.24, 2.45) is 0 Å². The normalized spacial score (nSPS) is 16.6. The van der Waals surface area contributed by atoms with Crippen LogP contribution in [0.3, 0.4) is 0 Å². The number of carbonyl (C=O) groups excluding carboxylic acids is 3. The Bertz CT molecular complexity index is 1360. The molecule has 1 atom stereocenters. The highest BCUT2D eigenvalue weighted by atomic mass is 32.1. The highest BCUT2D eigenvalue weighted by molar-refractivity contribution is 7.17. The molecule has 37 heavy (non-hydrogen) atoms. The van der Waals surface area contributed by atoms with Crippen LogP contribution in [0.15, 0.2) is 54.1 Å². The first kappa shape index (κ1) is 25.9. The SMILES string of the molecule is CCCOc1ccc(C(O)=C2C(=O)C(=O)N(c3nc(C)c(C(=O)OC)s3)[C@@H]2c2ccc(OC)cc2)cc1. The first-order chi connectivity index (χ1) is 17.8. The van der Waals surface area contributed by atoms with Crippen LogP contribution in [0, 0.1) is 6.92 Å². The molecule has 1 fully saturated rings. The lowest BCUT2D eigenvalue weighted by Crippen LogP contribution is -2.29. The molecule has 1 saturated heterocycles. The summed E-state index contributed by atoms with van der Waals surface area (Å²) in [6, 6.07) is 12.5. The van der Waals surface area contributed by atoms with Gasteiger partial charge in [0.05, 0.1) is 38.1 Å². The fourth-order valence-corrected chi connectivity index (χ4v) is 5.00. The Morgan fingerprint density at radius 1 is 1.05 bits per heavy atom. The second-order valence-corrected chi connectivity index (χ2v) is 9.20. The Labute approximate surface area is 217 Å². The van der Waals surface area contributed by atoms with Gasteiger partial charge in [-0.3, -0.25) is 14.5 Å². The number of methoxy groups -OCH3 is 2. The van der Waals surface area contributed by atoms with Gasteiger partial charge in [-0.15, -0.1) is 0 Å². The van der Waals surface area contributed by atoms with Crippen molar-refractivity contribution in [3.63, 3.8) is 0 Å². The quantitative estimate of drug-likeness (QED) is 0.197. The van der Waals surface area contributed by atoms with Gasteiger partial charge in [0.25, 0.3) is 5.78 Å². The number of aromatic nitrogens is 1. The van der Waals surface area contributed by atoms with Crippen LogP contribution in [0.1, 0.15) is 45.9 Å². The lowest BCUT2D eigenvalue weighted by molar-refractivity contribution is -0.132. The van der Waals surface area contributed by atoms with Crippen molar-refractivity contribution in [3.8, 4) is 11.5 Å². The molecule has 1 aromatic heterocycles. The van der Waals surface area contributed by atoms with Crippen LogP contribution in [-0.2, 0) is 14.3 Å². The van der Waals surface area contributed by atoms with Crippen molar-refractivity contribution in [1.82, 2.24) is 4.98 Å². The van der Waals surface area contributed by atoms with E-state index in [9.17, 15) is 19.5 Å². The van der Waals surface area contributed by atoms with E-state index in [2.05, 4.69) is 4.98 Å². The molecular weight excluding hydrogens is 496 g/mol. The minimum atomic E-state index is -0.988. The maximum atomic E-state index is 13.3. The summed E-state index contributed by atoms with van der Waals surface area (Å²) < 4.78 is 15.7. The largest absolute Gasteiger partial charge is 0.507 e. The van der Waals surface area contributed by atoms with Crippen LogP contribution in [0.5, 0.6) is 11.5 Å². The number of ether oxygens (including phenoxy) is 3. The molecule has 9 nitrogen and oxygen atoms in total. The number of hydrogen-bond acceptors (Lipinski definition) is 9. The lowest BCUT2D eigenvalue weighted by Gasteiger charge is -2.23. The molecule has 0 aliphatic carbocycles. The number of Topliss-reactive ketones (excluding diaryl/α,β-unsaturated/α-hetero) is 1. The molecule has 2 heterocycles. The minimum absolute atomic E-state index is 0.0927. The predicted molar refractivity (Wildman–Crippen MR) is 138 cm³/mol. The molecule has 0 unspecified atom stereocenters. The van der Waals surface area contributed by atoms with E-state index >= 15 is 0 Å². The van der Waals surface area contributed by atoms with Gasteiger partial charge in [-0.25, -0.2) is 9.78 Å². The standard InChI is InChI=1S/C27H26N2O7S/c1-5-14-36-19-12-8-17(9-13-19)22(30)20-21(16-6-10-18(34-3)11-7-16)29(25(32)23(20)31)27-28-15(2)24(37-27)26(33)35-4/h6-13,21,30H,5,14H2,1-4H3/t21-/m1/s1. The van der Waals surface area contributed by atoms with Gasteiger partial charge in [-0.2, -0.15) is 0 Å². The molecule has 10 heteroatoms. The number of rotatable bonds is 8. The van der Waals surface area contributed by atoms with Crippen LogP contribution in [0.2, 0.25) is 0 Å². The number of esters is 1. The van der Waals surface area contributed by atoms with E-state index in [0.29, 0.717) is 34.9 Å². The summed E-state index contributed by atoms with van der Waals surface area (Å²) >= 11 is 0.942. The number of aryl methyl sites for hydroxylation is 1. The van der Waals surface area contributed by atoms with Gasteiger partial charge in [0, 0.05) is 5.56 Å². The van der Waals surface area contributed by atoms with Crippen molar-refractivity contribution in [1.29, 1.82) is 0 Å². The molecule has 0 saturated carbocycles. The smallest absolute Gasteiger partial charge is 0.350 e. The summed E-state index contributed by atoms with van der Waals surface area (Å²) in [7, 11) is 2.78. The van der Waals surface area contributed by atoms with Crippen molar-refractivity contribution in [2.45, 2.75) is 26.3 Å². The first-order valence-electron chi connectivity index (χ1n) is 11.5. The number of anilines is 1. The van der Waals surface area contributed by atoms with Gasteiger partial charge in [-0.1, -0.05) is 30.4 Å². The van der Waals surface area contributed by atoms with E-state index in [1.165, 1.54) is 19.1 Å². The molecule has 1 amide bonds. The molecular formula is C27H26N2O7S. The number of carbonyl (C=O) groups is 3. The Balaban J connectivity index is 1.85. The second kappa shape index (κ2) is 10.8. The zero-order valence-corrected chi connectivity index (χ0v) is 21.6. The number of hydrogen-bond donors (Lipinski definition) is 1. The third kappa shape index (κ3) is 4.92. The molecule has 3 aromatic rings. The number of nitrogens with zero attached hydrogens (tertiary/aromatic N) is 2. The Hall–Kier alpha value is -4.18. The molecule has 0 radical (unpaired) electrons. The van der Waals surface area contributed by atoms with Gasteiger partial charge < -0.3 is 19.3 Å². The van der Waals surface area contributed by atoms with Crippen LogP contribution in [0.25, 0.3) is 5.76 Å². The van der Waals surface area contributed by atoms with Crippen LogP contribution >= 0.6 is 11.3 Å². The maximum absolute atomic E-state index is 13.3. The monoisotopic (exact) mass is 522 g/mol. The van der Waals surface area contributed by atoms with Crippen molar-refractivity contribution in [3.05, 3.63) is 75.8 Å². The second-order valence-electron chi connectivity index (χ2n) is 8.22. The third-order valence-electron chi connectivity index (χ3n) is 5.84.